The van der Waals surface area contributed by atoms with E-state index in [4.69, 9.17) is 5.73 Å². The molecule has 0 spiro atoms. The van der Waals surface area contributed by atoms with Crippen molar-refractivity contribution < 1.29 is 9.59 Å². The van der Waals surface area contributed by atoms with Gasteiger partial charge in [-0.3, -0.25) is 9.59 Å². The van der Waals surface area contributed by atoms with Crippen molar-refractivity contribution in [3.63, 3.8) is 0 Å². The Bertz CT molecular complexity index is 412. The third-order valence-corrected chi connectivity index (χ3v) is 4.84. The number of primary amides is 1. The molecule has 2 amide bonds. The molecule has 1 rings (SSSR count). The summed E-state index contributed by atoms with van der Waals surface area (Å²) in [5.41, 5.74) is 5.09. The van der Waals surface area contributed by atoms with Gasteiger partial charge in [-0.2, -0.15) is 0 Å². The molecule has 1 saturated carbocycles. The molecule has 2 atom stereocenters. The maximum absolute atomic E-state index is 12.8. The van der Waals surface area contributed by atoms with Gasteiger partial charge < -0.3 is 11.1 Å². The lowest BCUT2D eigenvalue weighted by molar-refractivity contribution is -0.139. The highest BCUT2D eigenvalue weighted by molar-refractivity contribution is 5.87. The SMILES string of the molecule is CC(C)(C)NC(=O)[C@@H]([C@H](CCC1CCCC1)C(N)=O)C(C)(C)C. The normalized spacial score (nSPS) is 19.4. The minimum atomic E-state index is -0.391. The molecule has 23 heavy (non-hydrogen) atoms. The van der Waals surface area contributed by atoms with Crippen molar-refractivity contribution in [2.24, 2.45) is 28.9 Å². The van der Waals surface area contributed by atoms with E-state index in [2.05, 4.69) is 5.32 Å². The average molecular weight is 325 g/mol. The molecule has 0 aromatic rings. The molecule has 0 heterocycles. The molecule has 1 aliphatic rings. The van der Waals surface area contributed by atoms with Crippen LogP contribution in [0.2, 0.25) is 0 Å². The third kappa shape index (κ3) is 6.52. The van der Waals surface area contributed by atoms with E-state index in [9.17, 15) is 9.59 Å². The molecule has 0 saturated heterocycles. The second kappa shape index (κ2) is 7.67. The standard InChI is InChI=1S/C19H36N2O2/c1-18(2,3)15(17(23)21-19(4,5)6)14(16(20)22)12-11-13-9-7-8-10-13/h13-15H,7-12H2,1-6H3,(H2,20,22)(H,21,23)/t14-,15+/m0/s1. The second-order valence-electron chi connectivity index (χ2n) is 9.32. The summed E-state index contributed by atoms with van der Waals surface area (Å²) in [6.45, 7) is 11.9. The zero-order chi connectivity index (χ0) is 17.8. The zero-order valence-corrected chi connectivity index (χ0v) is 15.9. The van der Waals surface area contributed by atoms with Crippen LogP contribution in [0.1, 0.15) is 80.1 Å². The molecule has 3 N–H and O–H groups in total. The van der Waals surface area contributed by atoms with Crippen LogP contribution in [0.15, 0.2) is 0 Å². The largest absolute Gasteiger partial charge is 0.369 e. The minimum absolute atomic E-state index is 0.0554. The first-order valence-electron chi connectivity index (χ1n) is 9.03. The molecular formula is C19H36N2O2. The van der Waals surface area contributed by atoms with Crippen molar-refractivity contribution in [2.75, 3.05) is 0 Å². The van der Waals surface area contributed by atoms with Crippen LogP contribution in [-0.2, 0) is 9.59 Å². The van der Waals surface area contributed by atoms with E-state index in [0.29, 0.717) is 5.92 Å². The van der Waals surface area contributed by atoms with Crippen LogP contribution in [0.3, 0.4) is 0 Å². The summed E-state index contributed by atoms with van der Waals surface area (Å²) in [5.74, 6) is -0.478. The number of hydrogen-bond donors (Lipinski definition) is 2. The van der Waals surface area contributed by atoms with Crippen molar-refractivity contribution in [3.05, 3.63) is 0 Å². The lowest BCUT2D eigenvalue weighted by Crippen LogP contribution is -2.51. The van der Waals surface area contributed by atoms with E-state index in [0.717, 1.165) is 12.8 Å². The van der Waals surface area contributed by atoms with Crippen molar-refractivity contribution >= 4 is 11.8 Å². The van der Waals surface area contributed by atoms with Gasteiger partial charge in [0.2, 0.25) is 11.8 Å². The van der Waals surface area contributed by atoms with Crippen molar-refractivity contribution in [1.82, 2.24) is 5.32 Å². The number of nitrogens with one attached hydrogen (secondary N) is 1. The first-order chi connectivity index (χ1) is 10.4. The lowest BCUT2D eigenvalue weighted by atomic mass is 9.70. The highest BCUT2D eigenvalue weighted by Gasteiger charge is 2.41. The maximum Gasteiger partial charge on any atom is 0.224 e. The van der Waals surface area contributed by atoms with Crippen molar-refractivity contribution in [3.8, 4) is 0 Å². The monoisotopic (exact) mass is 324 g/mol. The van der Waals surface area contributed by atoms with Gasteiger partial charge in [0.25, 0.3) is 0 Å². The average Bonchev–Trinajstić information content (AvgIpc) is 2.82. The molecule has 0 bridgehead atoms. The Hall–Kier alpha value is -1.06. The van der Waals surface area contributed by atoms with E-state index in [1.54, 1.807) is 0 Å². The van der Waals surface area contributed by atoms with Crippen LogP contribution >= 0.6 is 0 Å². The van der Waals surface area contributed by atoms with Gasteiger partial charge in [0.1, 0.15) is 0 Å². The fourth-order valence-electron chi connectivity index (χ4n) is 3.81. The highest BCUT2D eigenvalue weighted by atomic mass is 16.2. The molecule has 0 radical (unpaired) electrons. The van der Waals surface area contributed by atoms with E-state index in [1.165, 1.54) is 25.7 Å². The molecule has 4 heteroatoms. The molecule has 4 nitrogen and oxygen atoms in total. The fourth-order valence-corrected chi connectivity index (χ4v) is 3.81. The van der Waals surface area contributed by atoms with Gasteiger partial charge in [-0.05, 0) is 44.9 Å². The number of carbonyl (C=O) groups is 2. The summed E-state index contributed by atoms with van der Waals surface area (Å²) in [6.07, 6.45) is 6.81. The van der Waals surface area contributed by atoms with Gasteiger partial charge in [0, 0.05) is 11.5 Å². The Kier molecular flexibility index (Phi) is 6.67. The number of rotatable bonds is 6. The van der Waals surface area contributed by atoms with Crippen LogP contribution in [-0.4, -0.2) is 17.4 Å². The van der Waals surface area contributed by atoms with Gasteiger partial charge in [0.15, 0.2) is 0 Å². The third-order valence-electron chi connectivity index (χ3n) is 4.84. The number of amides is 2. The number of hydrogen-bond acceptors (Lipinski definition) is 2. The summed E-state index contributed by atoms with van der Waals surface area (Å²) in [5, 5.41) is 3.04. The Labute approximate surface area is 142 Å². The first-order valence-corrected chi connectivity index (χ1v) is 9.03. The van der Waals surface area contributed by atoms with Crippen LogP contribution in [0.25, 0.3) is 0 Å². The highest BCUT2D eigenvalue weighted by Crippen LogP contribution is 2.37. The molecule has 1 fully saturated rings. The summed E-state index contributed by atoms with van der Waals surface area (Å²) >= 11 is 0. The van der Waals surface area contributed by atoms with Gasteiger partial charge in [-0.25, -0.2) is 0 Å². The Balaban J connectivity index is 2.89. The van der Waals surface area contributed by atoms with Gasteiger partial charge in [0.05, 0.1) is 5.92 Å². The Morgan fingerprint density at radius 3 is 2.00 bits per heavy atom. The molecule has 0 aliphatic heterocycles. The second-order valence-corrected chi connectivity index (χ2v) is 9.32. The van der Waals surface area contributed by atoms with Crippen molar-refractivity contribution in [2.45, 2.75) is 85.6 Å². The Morgan fingerprint density at radius 2 is 1.61 bits per heavy atom. The van der Waals surface area contributed by atoms with E-state index >= 15 is 0 Å². The lowest BCUT2D eigenvalue weighted by Gasteiger charge is -2.37. The number of nitrogens with two attached hydrogens (primary N) is 1. The topological polar surface area (TPSA) is 72.2 Å². The van der Waals surface area contributed by atoms with Crippen LogP contribution in [0.5, 0.6) is 0 Å². The van der Waals surface area contributed by atoms with E-state index < -0.39 is 5.92 Å². The quantitative estimate of drug-likeness (QED) is 0.783. The summed E-state index contributed by atoms with van der Waals surface area (Å²) in [6, 6.07) is 0. The molecule has 0 aromatic heterocycles. The molecule has 1 aliphatic carbocycles. The van der Waals surface area contributed by atoms with Gasteiger partial charge >= 0.3 is 0 Å². The number of carbonyl (C=O) groups excluding carboxylic acids is 2. The van der Waals surface area contributed by atoms with Crippen LogP contribution in [0, 0.1) is 23.2 Å². The zero-order valence-electron chi connectivity index (χ0n) is 15.9. The van der Waals surface area contributed by atoms with Crippen LogP contribution < -0.4 is 11.1 Å². The summed E-state index contributed by atoms with van der Waals surface area (Å²) in [4.78, 5) is 24.9. The van der Waals surface area contributed by atoms with E-state index in [1.807, 2.05) is 41.5 Å². The molecular weight excluding hydrogens is 288 g/mol. The minimum Gasteiger partial charge on any atom is -0.369 e. The van der Waals surface area contributed by atoms with Crippen LogP contribution in [0.4, 0.5) is 0 Å². The van der Waals surface area contributed by atoms with Crippen molar-refractivity contribution in [1.29, 1.82) is 0 Å². The molecule has 0 unspecified atom stereocenters. The van der Waals surface area contributed by atoms with Gasteiger partial charge in [-0.15, -0.1) is 0 Å². The maximum atomic E-state index is 12.8. The summed E-state index contributed by atoms with van der Waals surface area (Å²) < 4.78 is 0. The molecule has 0 aromatic carbocycles. The predicted molar refractivity (Wildman–Crippen MR) is 94.7 cm³/mol. The predicted octanol–water partition coefficient (Wildman–Crippen LogP) is 3.64. The smallest absolute Gasteiger partial charge is 0.224 e. The fraction of sp³-hybridized carbons (Fsp3) is 0.895. The molecule has 134 valence electrons. The summed E-state index contributed by atoms with van der Waals surface area (Å²) in [7, 11) is 0. The Morgan fingerprint density at radius 1 is 1.09 bits per heavy atom. The first kappa shape index (κ1) is 20.0. The van der Waals surface area contributed by atoms with Gasteiger partial charge in [-0.1, -0.05) is 46.5 Å². The van der Waals surface area contributed by atoms with E-state index in [-0.39, 0.29) is 28.7 Å².